The van der Waals surface area contributed by atoms with Gasteiger partial charge in [0.1, 0.15) is 11.8 Å². The molecule has 35 heavy (non-hydrogen) atoms. The molecule has 0 spiro atoms. The Bertz CT molecular complexity index is 1210. The predicted octanol–water partition coefficient (Wildman–Crippen LogP) is 3.54. The zero-order valence-corrected chi connectivity index (χ0v) is 20.4. The molecule has 1 unspecified atom stereocenters. The molecule has 2 aromatic carbocycles. The molecule has 2 N–H and O–H groups in total. The lowest BCUT2D eigenvalue weighted by Crippen LogP contribution is -2.45. The molecule has 0 radical (unpaired) electrons. The molecule has 0 bridgehead atoms. The predicted molar refractivity (Wildman–Crippen MR) is 134 cm³/mol. The van der Waals surface area contributed by atoms with Gasteiger partial charge in [0.2, 0.25) is 5.82 Å². The Morgan fingerprint density at radius 1 is 1.26 bits per heavy atom. The van der Waals surface area contributed by atoms with E-state index in [1.54, 1.807) is 12.1 Å². The fourth-order valence-electron chi connectivity index (χ4n) is 4.96. The highest BCUT2D eigenvalue weighted by atomic mass is 16.5. The maximum atomic E-state index is 9.54. The minimum Gasteiger partial charge on any atom is -0.490 e. The van der Waals surface area contributed by atoms with Crippen LogP contribution in [0.4, 0.5) is 0 Å². The van der Waals surface area contributed by atoms with Gasteiger partial charge < -0.3 is 19.9 Å². The number of nitrogens with zero attached hydrogens (tertiary/aromatic N) is 4. The van der Waals surface area contributed by atoms with E-state index >= 15 is 0 Å². The van der Waals surface area contributed by atoms with E-state index in [2.05, 4.69) is 49.9 Å². The second-order valence-electron chi connectivity index (χ2n) is 9.42. The van der Waals surface area contributed by atoms with E-state index in [1.807, 2.05) is 19.9 Å². The number of hydrogen-bond donors (Lipinski definition) is 2. The smallest absolute Gasteiger partial charge is 0.258 e. The van der Waals surface area contributed by atoms with Crippen molar-refractivity contribution in [1.29, 1.82) is 5.26 Å². The van der Waals surface area contributed by atoms with Crippen LogP contribution in [0.2, 0.25) is 0 Å². The molecule has 1 fully saturated rings. The lowest BCUT2D eigenvalue weighted by Gasteiger charge is -2.27. The van der Waals surface area contributed by atoms with Crippen LogP contribution in [-0.4, -0.2) is 60.4 Å². The van der Waals surface area contributed by atoms with Crippen molar-refractivity contribution in [1.82, 2.24) is 25.7 Å². The Morgan fingerprint density at radius 3 is 2.91 bits per heavy atom. The minimum absolute atomic E-state index is 0.0106. The second kappa shape index (κ2) is 10.6. The van der Waals surface area contributed by atoms with Crippen LogP contribution in [0.1, 0.15) is 43.0 Å². The van der Waals surface area contributed by atoms with Crippen LogP contribution in [0.15, 0.2) is 40.9 Å². The van der Waals surface area contributed by atoms with Gasteiger partial charge in [-0.25, -0.2) is 0 Å². The maximum Gasteiger partial charge on any atom is 0.258 e. The van der Waals surface area contributed by atoms with E-state index in [9.17, 15) is 5.26 Å². The molecule has 1 atom stereocenters. The van der Waals surface area contributed by atoms with E-state index in [0.29, 0.717) is 34.6 Å². The molecule has 1 aliphatic carbocycles. The summed E-state index contributed by atoms with van der Waals surface area (Å²) in [7, 11) is 0. The molecule has 0 saturated carbocycles. The summed E-state index contributed by atoms with van der Waals surface area (Å²) in [5, 5.41) is 21.0. The van der Waals surface area contributed by atoms with Crippen LogP contribution in [0, 0.1) is 11.3 Å². The first-order chi connectivity index (χ1) is 17.1. The number of ether oxygens (including phenoxy) is 1. The van der Waals surface area contributed by atoms with Crippen molar-refractivity contribution in [2.45, 2.75) is 38.8 Å². The number of benzene rings is 2. The van der Waals surface area contributed by atoms with E-state index in [0.717, 1.165) is 57.7 Å². The highest BCUT2D eigenvalue weighted by Gasteiger charge is 2.26. The third kappa shape index (κ3) is 5.22. The SMILES string of the molecule is CC(C)Oc1ccc(-c2nc(-c3cccc4c3CCC4NCCN3CCNCC3)no2)cc1C#N. The molecule has 1 aliphatic heterocycles. The number of piperazine rings is 1. The van der Waals surface area contributed by atoms with Gasteiger partial charge in [0, 0.05) is 56.4 Å². The first-order valence-electron chi connectivity index (χ1n) is 12.5. The first-order valence-corrected chi connectivity index (χ1v) is 12.5. The molecule has 182 valence electrons. The van der Waals surface area contributed by atoms with Crippen LogP contribution in [0.3, 0.4) is 0 Å². The molecule has 1 saturated heterocycles. The van der Waals surface area contributed by atoms with Crippen LogP contribution in [-0.2, 0) is 6.42 Å². The fourth-order valence-corrected chi connectivity index (χ4v) is 4.96. The molecule has 0 amide bonds. The first kappa shape index (κ1) is 23.5. The number of nitrogens with one attached hydrogen (secondary N) is 2. The van der Waals surface area contributed by atoms with E-state index in [-0.39, 0.29) is 6.10 Å². The molecule has 1 aromatic heterocycles. The van der Waals surface area contributed by atoms with Crippen molar-refractivity contribution in [3.8, 4) is 34.7 Å². The highest BCUT2D eigenvalue weighted by molar-refractivity contribution is 5.67. The zero-order valence-electron chi connectivity index (χ0n) is 20.4. The fraction of sp³-hybridized carbons (Fsp3) is 0.444. The molecule has 3 aromatic rings. The second-order valence-corrected chi connectivity index (χ2v) is 9.42. The Kier molecular flexibility index (Phi) is 7.09. The number of aromatic nitrogens is 2. The molecule has 8 nitrogen and oxygen atoms in total. The molecular formula is C27H32N6O2. The summed E-state index contributed by atoms with van der Waals surface area (Å²) < 4.78 is 11.3. The molecule has 2 aliphatic rings. The van der Waals surface area contributed by atoms with Gasteiger partial charge in [-0.05, 0) is 56.0 Å². The topological polar surface area (TPSA) is 99.2 Å². The monoisotopic (exact) mass is 472 g/mol. The average molecular weight is 473 g/mol. The summed E-state index contributed by atoms with van der Waals surface area (Å²) in [4.78, 5) is 7.19. The number of nitriles is 1. The Balaban J connectivity index is 1.31. The number of fused-ring (bicyclic) bond motifs is 1. The Labute approximate surface area is 206 Å². The van der Waals surface area contributed by atoms with Gasteiger partial charge in [0.05, 0.1) is 11.7 Å². The minimum atomic E-state index is -0.0106. The number of rotatable bonds is 8. The lowest BCUT2D eigenvalue weighted by molar-refractivity contribution is 0.238. The molecule has 5 rings (SSSR count). The Morgan fingerprint density at radius 2 is 2.11 bits per heavy atom. The van der Waals surface area contributed by atoms with Crippen molar-refractivity contribution in [3.05, 3.63) is 53.1 Å². The van der Waals surface area contributed by atoms with E-state index in [4.69, 9.17) is 9.26 Å². The van der Waals surface area contributed by atoms with Crippen LogP contribution in [0.5, 0.6) is 5.75 Å². The van der Waals surface area contributed by atoms with Gasteiger partial charge in [-0.15, -0.1) is 0 Å². The summed E-state index contributed by atoms with van der Waals surface area (Å²) in [6.45, 7) is 10.3. The summed E-state index contributed by atoms with van der Waals surface area (Å²) in [5.74, 6) is 1.54. The molecule has 2 heterocycles. The van der Waals surface area contributed by atoms with Gasteiger partial charge in [0.15, 0.2) is 0 Å². The quantitative estimate of drug-likeness (QED) is 0.514. The van der Waals surface area contributed by atoms with Crippen LogP contribution in [0.25, 0.3) is 22.8 Å². The lowest BCUT2D eigenvalue weighted by atomic mass is 10.0. The molecular weight excluding hydrogens is 440 g/mol. The third-order valence-electron chi connectivity index (χ3n) is 6.68. The standard InChI is InChI=1S/C27H32N6O2/c1-18(2)34-25-9-6-19(16-20(25)17-28)27-31-26(32-35-27)23-5-3-4-22-21(23)7-8-24(22)30-12-15-33-13-10-29-11-14-33/h3-6,9,16,18,24,29-30H,7-8,10-15H2,1-2H3. The van der Waals surface area contributed by atoms with Crippen LogP contribution < -0.4 is 15.4 Å². The van der Waals surface area contributed by atoms with Crippen molar-refractivity contribution < 1.29 is 9.26 Å². The molecule has 8 heteroatoms. The van der Waals surface area contributed by atoms with Gasteiger partial charge in [0.25, 0.3) is 5.89 Å². The highest BCUT2D eigenvalue weighted by Crippen LogP contribution is 2.37. The maximum absolute atomic E-state index is 9.54. The third-order valence-corrected chi connectivity index (χ3v) is 6.68. The van der Waals surface area contributed by atoms with Gasteiger partial charge in [-0.2, -0.15) is 10.2 Å². The number of hydrogen-bond acceptors (Lipinski definition) is 8. The summed E-state index contributed by atoms with van der Waals surface area (Å²) in [6.07, 6.45) is 2.05. The van der Waals surface area contributed by atoms with Crippen LogP contribution >= 0.6 is 0 Å². The van der Waals surface area contributed by atoms with Gasteiger partial charge in [-0.1, -0.05) is 23.4 Å². The Hall–Kier alpha value is -3.25. The van der Waals surface area contributed by atoms with Gasteiger partial charge in [-0.3, -0.25) is 4.90 Å². The zero-order chi connectivity index (χ0) is 24.2. The van der Waals surface area contributed by atoms with Crippen molar-refractivity contribution in [2.24, 2.45) is 0 Å². The summed E-state index contributed by atoms with van der Waals surface area (Å²) in [5.41, 5.74) is 4.79. The normalized spacial score (nSPS) is 17.9. The van der Waals surface area contributed by atoms with Gasteiger partial charge >= 0.3 is 0 Å². The van der Waals surface area contributed by atoms with E-state index < -0.39 is 0 Å². The summed E-state index contributed by atoms with van der Waals surface area (Å²) in [6, 6.07) is 14.3. The van der Waals surface area contributed by atoms with Crippen molar-refractivity contribution in [3.63, 3.8) is 0 Å². The van der Waals surface area contributed by atoms with E-state index in [1.165, 1.54) is 11.1 Å². The van der Waals surface area contributed by atoms with Crippen molar-refractivity contribution in [2.75, 3.05) is 39.3 Å². The summed E-state index contributed by atoms with van der Waals surface area (Å²) >= 11 is 0. The average Bonchev–Trinajstić information content (AvgIpc) is 3.52. The largest absolute Gasteiger partial charge is 0.490 e. The van der Waals surface area contributed by atoms with Crippen molar-refractivity contribution >= 4 is 0 Å².